The van der Waals surface area contributed by atoms with Crippen molar-refractivity contribution >= 4 is 18.1 Å². The first-order valence-corrected chi connectivity index (χ1v) is 3.52. The number of benzene rings is 1. The van der Waals surface area contributed by atoms with Crippen molar-refractivity contribution in [2.24, 2.45) is 0 Å². The predicted molar refractivity (Wildman–Crippen MR) is 47.6 cm³/mol. The third-order valence-electron chi connectivity index (χ3n) is 1.62. The van der Waals surface area contributed by atoms with Crippen LogP contribution in [0.5, 0.6) is 5.75 Å². The number of nitrogens with one attached hydrogen (secondary N) is 1. The van der Waals surface area contributed by atoms with Gasteiger partial charge in [-0.3, -0.25) is 0 Å². The van der Waals surface area contributed by atoms with Crippen molar-refractivity contribution in [3.63, 3.8) is 0 Å². The molecule has 1 aromatic rings. The zero-order valence-electron chi connectivity index (χ0n) is 6.34. The molecule has 1 N–H and O–H groups in total. The highest BCUT2D eigenvalue weighted by atomic mass is 35.5. The molecule has 12 heavy (non-hydrogen) atoms. The quantitative estimate of drug-likeness (QED) is 0.675. The Balaban J connectivity index is 0.000000720. The molecule has 2 rings (SSSR count). The summed E-state index contributed by atoms with van der Waals surface area (Å²) in [5.74, 6) is 0.499. The molecule has 4 heteroatoms. The highest BCUT2D eigenvalue weighted by Gasteiger charge is 2.08. The minimum Gasteiger partial charge on any atom is -0.490 e. The van der Waals surface area contributed by atoms with Crippen LogP contribution in [0.3, 0.4) is 0 Å². The average Bonchev–Trinajstić information content (AvgIpc) is 2.04. The number of hydrogen-bond acceptors (Lipinski definition) is 2. The molecule has 0 saturated heterocycles. The second-order valence-electron chi connectivity index (χ2n) is 2.42. The van der Waals surface area contributed by atoms with E-state index < -0.39 is 0 Å². The van der Waals surface area contributed by atoms with E-state index in [9.17, 15) is 4.39 Å². The molecule has 0 amide bonds. The number of rotatable bonds is 0. The van der Waals surface area contributed by atoms with Crippen LogP contribution in [0.4, 0.5) is 10.1 Å². The Morgan fingerprint density at radius 1 is 1.42 bits per heavy atom. The van der Waals surface area contributed by atoms with E-state index in [4.69, 9.17) is 4.74 Å². The van der Waals surface area contributed by atoms with Crippen molar-refractivity contribution in [1.82, 2.24) is 0 Å². The largest absolute Gasteiger partial charge is 0.490 e. The van der Waals surface area contributed by atoms with Gasteiger partial charge in [-0.05, 0) is 12.1 Å². The molecular weight excluding hydrogens is 181 g/mol. The van der Waals surface area contributed by atoms with E-state index in [0.29, 0.717) is 6.61 Å². The van der Waals surface area contributed by atoms with Crippen molar-refractivity contribution < 1.29 is 9.13 Å². The van der Waals surface area contributed by atoms with Gasteiger partial charge in [0.25, 0.3) is 0 Å². The van der Waals surface area contributed by atoms with Crippen LogP contribution < -0.4 is 10.1 Å². The van der Waals surface area contributed by atoms with E-state index in [-0.39, 0.29) is 18.2 Å². The van der Waals surface area contributed by atoms with Gasteiger partial charge in [0, 0.05) is 12.6 Å². The predicted octanol–water partition coefficient (Wildman–Crippen LogP) is 2.05. The van der Waals surface area contributed by atoms with Gasteiger partial charge in [-0.1, -0.05) is 0 Å². The van der Waals surface area contributed by atoms with Gasteiger partial charge in [-0.15, -0.1) is 12.4 Å². The molecule has 0 radical (unpaired) electrons. The molecule has 1 heterocycles. The molecule has 66 valence electrons. The van der Waals surface area contributed by atoms with Crippen molar-refractivity contribution in [1.29, 1.82) is 0 Å². The van der Waals surface area contributed by atoms with Crippen LogP contribution in [-0.2, 0) is 0 Å². The first-order chi connectivity index (χ1) is 5.36. The minimum absolute atomic E-state index is 0. The molecule has 0 unspecified atom stereocenters. The minimum atomic E-state index is -0.234. The molecule has 0 saturated carbocycles. The zero-order chi connectivity index (χ0) is 7.68. The summed E-state index contributed by atoms with van der Waals surface area (Å²) in [7, 11) is 0. The van der Waals surface area contributed by atoms with Gasteiger partial charge in [0.05, 0.1) is 5.69 Å². The molecule has 1 aliphatic heterocycles. The van der Waals surface area contributed by atoms with Crippen LogP contribution in [0, 0.1) is 5.82 Å². The second-order valence-corrected chi connectivity index (χ2v) is 2.42. The van der Waals surface area contributed by atoms with Gasteiger partial charge in [0.1, 0.15) is 18.2 Å². The summed E-state index contributed by atoms with van der Waals surface area (Å²) < 4.78 is 17.8. The number of halogens is 2. The van der Waals surface area contributed by atoms with Gasteiger partial charge >= 0.3 is 0 Å². The Morgan fingerprint density at radius 3 is 3.08 bits per heavy atom. The highest BCUT2D eigenvalue weighted by molar-refractivity contribution is 5.85. The van der Waals surface area contributed by atoms with Crippen LogP contribution >= 0.6 is 12.4 Å². The van der Waals surface area contributed by atoms with Crippen LogP contribution in [0.15, 0.2) is 18.2 Å². The molecule has 0 aromatic heterocycles. The molecule has 1 aromatic carbocycles. The van der Waals surface area contributed by atoms with Crippen LogP contribution in [-0.4, -0.2) is 13.2 Å². The molecular formula is C8H9ClFNO. The van der Waals surface area contributed by atoms with Gasteiger partial charge in [-0.2, -0.15) is 0 Å². The number of anilines is 1. The van der Waals surface area contributed by atoms with E-state index in [2.05, 4.69) is 5.32 Å². The summed E-state index contributed by atoms with van der Waals surface area (Å²) >= 11 is 0. The number of hydrogen-bond donors (Lipinski definition) is 1. The number of fused-ring (bicyclic) bond motifs is 1. The summed E-state index contributed by atoms with van der Waals surface area (Å²) in [6.45, 7) is 1.40. The van der Waals surface area contributed by atoms with Gasteiger partial charge in [-0.25, -0.2) is 4.39 Å². The topological polar surface area (TPSA) is 21.3 Å². The molecule has 0 atom stereocenters. The highest BCUT2D eigenvalue weighted by Crippen LogP contribution is 2.27. The Bertz CT molecular complexity index is 280. The lowest BCUT2D eigenvalue weighted by molar-refractivity contribution is 0.322. The second kappa shape index (κ2) is 3.63. The Hall–Kier alpha value is -0.960. The van der Waals surface area contributed by atoms with Crippen LogP contribution in [0.2, 0.25) is 0 Å². The maximum atomic E-state index is 12.6. The lowest BCUT2D eigenvalue weighted by Crippen LogP contribution is -2.17. The van der Waals surface area contributed by atoms with Crippen molar-refractivity contribution in [2.45, 2.75) is 0 Å². The smallest absolute Gasteiger partial charge is 0.142 e. The Labute approximate surface area is 76.1 Å². The molecule has 0 spiro atoms. The van der Waals surface area contributed by atoms with E-state index >= 15 is 0 Å². The first kappa shape index (κ1) is 9.13. The fraction of sp³-hybridized carbons (Fsp3) is 0.250. The molecule has 2 nitrogen and oxygen atoms in total. The zero-order valence-corrected chi connectivity index (χ0v) is 7.16. The maximum absolute atomic E-state index is 12.6. The van der Waals surface area contributed by atoms with Crippen LogP contribution in [0.25, 0.3) is 0 Å². The lowest BCUT2D eigenvalue weighted by atomic mass is 10.2. The third kappa shape index (κ3) is 1.61. The third-order valence-corrected chi connectivity index (χ3v) is 1.62. The van der Waals surface area contributed by atoms with Crippen molar-refractivity contribution in [3.8, 4) is 5.75 Å². The van der Waals surface area contributed by atoms with Crippen molar-refractivity contribution in [2.75, 3.05) is 18.5 Å². The standard InChI is InChI=1S/C8H8FNO.ClH/c9-6-1-2-8-7(5-6)10-3-4-11-8;/h1-2,5,10H,3-4H2;1H. The average molecular weight is 190 g/mol. The summed E-state index contributed by atoms with van der Waals surface area (Å²) in [5, 5.41) is 3.04. The van der Waals surface area contributed by atoms with Gasteiger partial charge in [0.2, 0.25) is 0 Å². The lowest BCUT2D eigenvalue weighted by Gasteiger charge is -2.18. The van der Waals surface area contributed by atoms with Crippen LogP contribution in [0.1, 0.15) is 0 Å². The fourth-order valence-electron chi connectivity index (χ4n) is 1.11. The Morgan fingerprint density at radius 2 is 2.25 bits per heavy atom. The van der Waals surface area contributed by atoms with E-state index in [0.717, 1.165) is 18.0 Å². The molecule has 0 fully saturated rings. The van der Waals surface area contributed by atoms with Gasteiger partial charge < -0.3 is 10.1 Å². The van der Waals surface area contributed by atoms with E-state index in [1.165, 1.54) is 12.1 Å². The fourth-order valence-corrected chi connectivity index (χ4v) is 1.11. The van der Waals surface area contributed by atoms with E-state index in [1.807, 2.05) is 0 Å². The SMILES string of the molecule is Cl.Fc1ccc2c(c1)NCCO2. The van der Waals surface area contributed by atoms with E-state index in [1.54, 1.807) is 6.07 Å². The summed E-state index contributed by atoms with van der Waals surface area (Å²) in [5.41, 5.74) is 0.747. The summed E-state index contributed by atoms with van der Waals surface area (Å²) in [6.07, 6.45) is 0. The molecule has 0 bridgehead atoms. The van der Waals surface area contributed by atoms with Gasteiger partial charge in [0.15, 0.2) is 0 Å². The monoisotopic (exact) mass is 189 g/mol. The normalized spacial score (nSPS) is 13.4. The summed E-state index contributed by atoms with van der Waals surface area (Å²) in [4.78, 5) is 0. The van der Waals surface area contributed by atoms with Crippen molar-refractivity contribution in [3.05, 3.63) is 24.0 Å². The molecule has 1 aliphatic rings. The number of ether oxygens (including phenoxy) is 1. The Kier molecular flexibility index (Phi) is 2.76. The molecule has 0 aliphatic carbocycles. The summed E-state index contributed by atoms with van der Waals surface area (Å²) in [6, 6.07) is 4.47. The first-order valence-electron chi connectivity index (χ1n) is 3.52. The maximum Gasteiger partial charge on any atom is 0.142 e.